The number of aliphatic hydroxyl groups excluding tert-OH is 2. The SMILES string of the molecule is OCC(O)Cc1c[nH]c(Nc2ccccc2)c1. The third kappa shape index (κ3) is 3.34. The van der Waals surface area contributed by atoms with Gasteiger partial charge in [0, 0.05) is 18.3 Å². The molecule has 0 bridgehead atoms. The third-order valence-electron chi connectivity index (χ3n) is 2.48. The minimum absolute atomic E-state index is 0.216. The Labute approximate surface area is 99.9 Å². The Morgan fingerprint density at radius 2 is 2.00 bits per heavy atom. The molecule has 0 spiro atoms. The predicted octanol–water partition coefficient (Wildman–Crippen LogP) is 1.65. The van der Waals surface area contributed by atoms with Crippen molar-refractivity contribution in [3.05, 3.63) is 48.2 Å². The molecule has 2 rings (SSSR count). The molecule has 4 N–H and O–H groups in total. The smallest absolute Gasteiger partial charge is 0.107 e. The number of hydrogen-bond acceptors (Lipinski definition) is 3. The number of benzene rings is 1. The molecule has 0 aliphatic rings. The Bertz CT molecular complexity index is 453. The van der Waals surface area contributed by atoms with Crippen molar-refractivity contribution in [1.29, 1.82) is 0 Å². The number of aliphatic hydroxyl groups is 2. The molecule has 1 aromatic carbocycles. The highest BCUT2D eigenvalue weighted by Gasteiger charge is 2.05. The first-order valence-corrected chi connectivity index (χ1v) is 5.56. The molecule has 0 amide bonds. The molecule has 2 aromatic rings. The van der Waals surface area contributed by atoms with Crippen LogP contribution < -0.4 is 5.32 Å². The molecule has 1 atom stereocenters. The maximum atomic E-state index is 9.33. The second kappa shape index (κ2) is 5.52. The molecule has 1 aromatic heterocycles. The van der Waals surface area contributed by atoms with E-state index in [2.05, 4.69) is 10.3 Å². The number of nitrogens with one attached hydrogen (secondary N) is 2. The van der Waals surface area contributed by atoms with E-state index < -0.39 is 6.10 Å². The average Bonchev–Trinajstić information content (AvgIpc) is 2.77. The molecule has 0 saturated carbocycles. The number of hydrogen-bond donors (Lipinski definition) is 4. The van der Waals surface area contributed by atoms with Gasteiger partial charge in [-0.05, 0) is 23.8 Å². The van der Waals surface area contributed by atoms with Crippen molar-refractivity contribution in [3.63, 3.8) is 0 Å². The maximum Gasteiger partial charge on any atom is 0.107 e. The van der Waals surface area contributed by atoms with E-state index in [0.29, 0.717) is 6.42 Å². The summed E-state index contributed by atoms with van der Waals surface area (Å²) in [5, 5.41) is 21.3. The number of aromatic nitrogens is 1. The first kappa shape index (κ1) is 11.7. The molecule has 1 unspecified atom stereocenters. The summed E-state index contributed by atoms with van der Waals surface area (Å²) in [7, 11) is 0. The highest BCUT2D eigenvalue weighted by Crippen LogP contribution is 2.16. The van der Waals surface area contributed by atoms with E-state index in [4.69, 9.17) is 5.11 Å². The van der Waals surface area contributed by atoms with Crippen molar-refractivity contribution < 1.29 is 10.2 Å². The van der Waals surface area contributed by atoms with Crippen LogP contribution in [0.3, 0.4) is 0 Å². The fraction of sp³-hybridized carbons (Fsp3) is 0.231. The lowest BCUT2D eigenvalue weighted by molar-refractivity contribution is 0.0955. The normalized spacial score (nSPS) is 12.4. The summed E-state index contributed by atoms with van der Waals surface area (Å²) in [6, 6.07) is 11.8. The Morgan fingerprint density at radius 3 is 2.71 bits per heavy atom. The highest BCUT2D eigenvalue weighted by molar-refractivity contribution is 5.56. The van der Waals surface area contributed by atoms with E-state index in [9.17, 15) is 5.11 Å². The molecule has 0 fully saturated rings. The number of rotatable bonds is 5. The fourth-order valence-corrected chi connectivity index (χ4v) is 1.64. The molecule has 4 heteroatoms. The summed E-state index contributed by atoms with van der Waals surface area (Å²) in [6.07, 6.45) is 1.57. The first-order valence-electron chi connectivity index (χ1n) is 5.56. The van der Waals surface area contributed by atoms with Gasteiger partial charge < -0.3 is 20.5 Å². The van der Waals surface area contributed by atoms with Crippen LogP contribution in [0.1, 0.15) is 5.56 Å². The molecule has 0 aliphatic carbocycles. The molecule has 90 valence electrons. The zero-order valence-electron chi connectivity index (χ0n) is 9.43. The van der Waals surface area contributed by atoms with Gasteiger partial charge >= 0.3 is 0 Å². The van der Waals surface area contributed by atoms with Crippen LogP contribution in [0.15, 0.2) is 42.6 Å². The Hall–Kier alpha value is -1.78. The fourth-order valence-electron chi connectivity index (χ4n) is 1.64. The van der Waals surface area contributed by atoms with Crippen LogP contribution in [0.25, 0.3) is 0 Å². The molecular weight excluding hydrogens is 216 g/mol. The van der Waals surface area contributed by atoms with Crippen LogP contribution in [-0.4, -0.2) is 27.9 Å². The van der Waals surface area contributed by atoms with Gasteiger partial charge in [-0.2, -0.15) is 0 Å². The van der Waals surface area contributed by atoms with Crippen LogP contribution >= 0.6 is 0 Å². The van der Waals surface area contributed by atoms with E-state index in [1.54, 1.807) is 0 Å². The number of anilines is 2. The van der Waals surface area contributed by atoms with Gasteiger partial charge in [0.25, 0.3) is 0 Å². The average molecular weight is 232 g/mol. The maximum absolute atomic E-state index is 9.33. The molecular formula is C13H16N2O2. The van der Waals surface area contributed by atoms with Gasteiger partial charge in [-0.3, -0.25) is 0 Å². The second-order valence-electron chi connectivity index (χ2n) is 3.95. The second-order valence-corrected chi connectivity index (χ2v) is 3.95. The summed E-state index contributed by atoms with van der Waals surface area (Å²) in [5.74, 6) is 0.872. The van der Waals surface area contributed by atoms with Gasteiger partial charge in [-0.15, -0.1) is 0 Å². The van der Waals surface area contributed by atoms with E-state index >= 15 is 0 Å². The van der Waals surface area contributed by atoms with E-state index in [-0.39, 0.29) is 6.61 Å². The lowest BCUT2D eigenvalue weighted by Crippen LogP contribution is -2.14. The van der Waals surface area contributed by atoms with Crippen molar-refractivity contribution in [2.75, 3.05) is 11.9 Å². The number of H-pyrrole nitrogens is 1. The zero-order valence-corrected chi connectivity index (χ0v) is 9.43. The van der Waals surface area contributed by atoms with Gasteiger partial charge in [0.15, 0.2) is 0 Å². The van der Waals surface area contributed by atoms with Crippen molar-refractivity contribution >= 4 is 11.5 Å². The Balaban J connectivity index is 1.99. The van der Waals surface area contributed by atoms with Crippen LogP contribution in [0.4, 0.5) is 11.5 Å². The minimum atomic E-state index is -0.699. The molecule has 0 radical (unpaired) electrons. The van der Waals surface area contributed by atoms with Gasteiger partial charge in [-0.25, -0.2) is 0 Å². The third-order valence-corrected chi connectivity index (χ3v) is 2.48. The van der Waals surface area contributed by atoms with Gasteiger partial charge in [0.05, 0.1) is 12.7 Å². The van der Waals surface area contributed by atoms with E-state index in [0.717, 1.165) is 17.1 Å². The van der Waals surface area contributed by atoms with Gasteiger partial charge in [0.1, 0.15) is 5.82 Å². The molecule has 4 nitrogen and oxygen atoms in total. The molecule has 0 saturated heterocycles. The van der Waals surface area contributed by atoms with Crippen LogP contribution in [0, 0.1) is 0 Å². The van der Waals surface area contributed by atoms with Crippen LogP contribution in [-0.2, 0) is 6.42 Å². The minimum Gasteiger partial charge on any atom is -0.394 e. The largest absolute Gasteiger partial charge is 0.394 e. The van der Waals surface area contributed by atoms with Crippen LogP contribution in [0.2, 0.25) is 0 Å². The molecule has 0 aliphatic heterocycles. The van der Waals surface area contributed by atoms with Gasteiger partial charge in [0.2, 0.25) is 0 Å². The van der Waals surface area contributed by atoms with Crippen molar-refractivity contribution in [1.82, 2.24) is 4.98 Å². The predicted molar refractivity (Wildman–Crippen MR) is 67.3 cm³/mol. The highest BCUT2D eigenvalue weighted by atomic mass is 16.3. The standard InChI is InChI=1S/C13H16N2O2/c16-9-12(17)6-10-7-13(14-8-10)15-11-4-2-1-3-5-11/h1-5,7-8,12,14-17H,6,9H2. The summed E-state index contributed by atoms with van der Waals surface area (Å²) in [6.45, 7) is -0.216. The lowest BCUT2D eigenvalue weighted by Gasteiger charge is -2.04. The number of para-hydroxylation sites is 1. The topological polar surface area (TPSA) is 68.3 Å². The van der Waals surface area contributed by atoms with Crippen molar-refractivity contribution in [2.45, 2.75) is 12.5 Å². The summed E-state index contributed by atoms with van der Waals surface area (Å²) in [5.41, 5.74) is 1.97. The monoisotopic (exact) mass is 232 g/mol. The molecule has 1 heterocycles. The zero-order chi connectivity index (χ0) is 12.1. The lowest BCUT2D eigenvalue weighted by atomic mass is 10.1. The Kier molecular flexibility index (Phi) is 3.80. The Morgan fingerprint density at radius 1 is 1.24 bits per heavy atom. The summed E-state index contributed by atoms with van der Waals surface area (Å²) in [4.78, 5) is 3.08. The number of aromatic amines is 1. The van der Waals surface area contributed by atoms with E-state index in [1.165, 1.54) is 0 Å². The molecule has 17 heavy (non-hydrogen) atoms. The summed E-state index contributed by atoms with van der Waals surface area (Å²) >= 11 is 0. The van der Waals surface area contributed by atoms with Crippen molar-refractivity contribution in [3.8, 4) is 0 Å². The quantitative estimate of drug-likeness (QED) is 0.633. The first-order chi connectivity index (χ1) is 8.28. The van der Waals surface area contributed by atoms with Crippen molar-refractivity contribution in [2.24, 2.45) is 0 Å². The van der Waals surface area contributed by atoms with Gasteiger partial charge in [-0.1, -0.05) is 18.2 Å². The summed E-state index contributed by atoms with van der Waals surface area (Å²) < 4.78 is 0. The van der Waals surface area contributed by atoms with E-state index in [1.807, 2.05) is 42.6 Å². The van der Waals surface area contributed by atoms with Crippen LogP contribution in [0.5, 0.6) is 0 Å².